The molecule has 2 saturated heterocycles. The van der Waals surface area contributed by atoms with Crippen LogP contribution in [0.3, 0.4) is 0 Å². The zero-order valence-electron chi connectivity index (χ0n) is 19.3. The number of fused-ring (bicyclic) bond motifs is 4. The summed E-state index contributed by atoms with van der Waals surface area (Å²) >= 11 is 0. The van der Waals surface area contributed by atoms with Gasteiger partial charge in [0.25, 0.3) is 0 Å². The third-order valence-electron chi connectivity index (χ3n) is 11.1. The first kappa shape index (κ1) is 20.0. The predicted octanol–water partition coefficient (Wildman–Crippen LogP) is 3.92. The van der Waals surface area contributed by atoms with Gasteiger partial charge in [0.1, 0.15) is 17.8 Å². The smallest absolute Gasteiger partial charge is 0.333 e. The molecule has 6 fully saturated rings. The van der Waals surface area contributed by atoms with Crippen LogP contribution in [0, 0.1) is 34.5 Å². The van der Waals surface area contributed by atoms with Gasteiger partial charge < -0.3 is 18.9 Å². The molecule has 7 aliphatic rings. The summed E-state index contributed by atoms with van der Waals surface area (Å²) in [6, 6.07) is 0. The molecule has 32 heavy (non-hydrogen) atoms. The van der Waals surface area contributed by atoms with E-state index >= 15 is 0 Å². The molecule has 11 atom stereocenters. The average Bonchev–Trinajstić information content (AvgIpc) is 3.63. The zero-order chi connectivity index (χ0) is 22.0. The van der Waals surface area contributed by atoms with Gasteiger partial charge in [-0.1, -0.05) is 13.8 Å². The van der Waals surface area contributed by atoms with Crippen molar-refractivity contribution >= 4 is 11.9 Å². The minimum absolute atomic E-state index is 0.0217. The number of rotatable bonds is 2. The van der Waals surface area contributed by atoms with Gasteiger partial charge in [0, 0.05) is 18.4 Å². The van der Waals surface area contributed by atoms with Gasteiger partial charge in [0.05, 0.1) is 6.10 Å². The molecule has 6 heteroatoms. The molecule has 0 N–H and O–H groups in total. The third kappa shape index (κ3) is 2.38. The van der Waals surface area contributed by atoms with E-state index < -0.39 is 0 Å². The number of hydrogen-bond acceptors (Lipinski definition) is 6. The van der Waals surface area contributed by atoms with Crippen LogP contribution < -0.4 is 0 Å². The molecule has 0 aromatic rings. The van der Waals surface area contributed by atoms with E-state index in [1.165, 1.54) is 31.8 Å². The highest BCUT2D eigenvalue weighted by Gasteiger charge is 2.81. The summed E-state index contributed by atoms with van der Waals surface area (Å²) in [6.45, 7) is 6.48. The van der Waals surface area contributed by atoms with E-state index in [1.807, 2.05) is 0 Å². The Bertz CT molecular complexity index is 927. The van der Waals surface area contributed by atoms with E-state index in [4.69, 9.17) is 18.9 Å². The van der Waals surface area contributed by atoms with Crippen molar-refractivity contribution < 1.29 is 28.5 Å². The van der Waals surface area contributed by atoms with E-state index in [9.17, 15) is 9.59 Å². The Morgan fingerprint density at radius 1 is 1.09 bits per heavy atom. The molecule has 3 heterocycles. The van der Waals surface area contributed by atoms with Crippen LogP contribution in [0.5, 0.6) is 0 Å². The van der Waals surface area contributed by atoms with Gasteiger partial charge in [0.2, 0.25) is 6.29 Å². The Balaban J connectivity index is 1.17. The Kier molecular flexibility index (Phi) is 3.86. The van der Waals surface area contributed by atoms with Crippen LogP contribution >= 0.6 is 0 Å². The van der Waals surface area contributed by atoms with Crippen molar-refractivity contribution in [2.45, 2.75) is 102 Å². The summed E-state index contributed by atoms with van der Waals surface area (Å²) in [5.41, 5.74) is 1.51. The Hall–Kier alpha value is -1.40. The average molecular weight is 443 g/mol. The van der Waals surface area contributed by atoms with Crippen LogP contribution in [0.25, 0.3) is 0 Å². The molecule has 174 valence electrons. The van der Waals surface area contributed by atoms with E-state index in [0.717, 1.165) is 32.1 Å². The van der Waals surface area contributed by atoms with Crippen LogP contribution in [0.4, 0.5) is 0 Å². The van der Waals surface area contributed by atoms with Gasteiger partial charge in [-0.3, -0.25) is 4.79 Å². The Labute approximate surface area is 189 Å². The van der Waals surface area contributed by atoms with E-state index in [1.54, 1.807) is 6.08 Å². The van der Waals surface area contributed by atoms with Crippen LogP contribution in [0.1, 0.15) is 72.1 Å². The second kappa shape index (κ2) is 6.18. The van der Waals surface area contributed by atoms with Crippen molar-refractivity contribution in [1.82, 2.24) is 0 Å². The number of hydrogen-bond donors (Lipinski definition) is 0. The maximum Gasteiger partial charge on any atom is 0.333 e. The predicted molar refractivity (Wildman–Crippen MR) is 113 cm³/mol. The molecular weight excluding hydrogens is 408 g/mol. The number of carbonyl (C=O) groups is 2. The highest BCUT2D eigenvalue weighted by Crippen LogP contribution is 2.77. The molecule has 2 unspecified atom stereocenters. The van der Waals surface area contributed by atoms with Crippen LogP contribution in [0.15, 0.2) is 11.6 Å². The van der Waals surface area contributed by atoms with E-state index in [0.29, 0.717) is 35.2 Å². The Morgan fingerprint density at radius 2 is 1.94 bits per heavy atom. The first-order valence-electron chi connectivity index (χ1n) is 12.7. The highest BCUT2D eigenvalue weighted by molar-refractivity contribution is 5.85. The zero-order valence-corrected chi connectivity index (χ0v) is 19.3. The monoisotopic (exact) mass is 442 g/mol. The molecule has 3 aliphatic heterocycles. The molecule has 0 bridgehead atoms. The molecule has 4 saturated carbocycles. The first-order valence-corrected chi connectivity index (χ1v) is 12.7. The van der Waals surface area contributed by atoms with Gasteiger partial charge in [-0.25, -0.2) is 4.79 Å². The minimum Gasteiger partial charge on any atom is -0.463 e. The highest BCUT2D eigenvalue weighted by atomic mass is 16.8. The van der Waals surface area contributed by atoms with Crippen LogP contribution in [-0.4, -0.2) is 42.1 Å². The van der Waals surface area contributed by atoms with Crippen molar-refractivity contribution in [3.63, 3.8) is 0 Å². The molecule has 0 radical (unpaired) electrons. The lowest BCUT2D eigenvalue weighted by atomic mass is 9.44. The van der Waals surface area contributed by atoms with Gasteiger partial charge in [-0.05, 0) is 86.0 Å². The van der Waals surface area contributed by atoms with Crippen molar-refractivity contribution in [2.24, 2.45) is 34.5 Å². The summed E-state index contributed by atoms with van der Waals surface area (Å²) in [6.07, 6.45) is 10.7. The molecule has 6 nitrogen and oxygen atoms in total. The van der Waals surface area contributed by atoms with Crippen molar-refractivity contribution in [2.75, 3.05) is 0 Å². The molecule has 0 amide bonds. The van der Waals surface area contributed by atoms with Crippen LogP contribution in [0.2, 0.25) is 0 Å². The lowest BCUT2D eigenvalue weighted by Crippen LogP contribution is -2.59. The summed E-state index contributed by atoms with van der Waals surface area (Å²) in [4.78, 5) is 23.6. The number of ether oxygens (including phenoxy) is 4. The molecule has 4 aliphatic carbocycles. The summed E-state index contributed by atoms with van der Waals surface area (Å²) < 4.78 is 23.2. The second-order valence-electron chi connectivity index (χ2n) is 12.1. The standard InChI is InChI=1S/C26H34O6/c1-13(27)29-15-6-8-24(2)14(10-15)4-5-18-17(24)7-9-25(3)19(12-20-26(18,25)32-20)16-11-21(28)30-23-22(16)31-23/h11,14-15,17-20,22-23H,4-10,12H2,1-3H3/t14-,15+,17?,18?,19-,20-,22+,23+,24+,25-,26-/m1/s1. The van der Waals surface area contributed by atoms with Gasteiger partial charge >= 0.3 is 11.9 Å². The van der Waals surface area contributed by atoms with E-state index in [2.05, 4.69) is 13.8 Å². The van der Waals surface area contributed by atoms with Crippen molar-refractivity contribution in [1.29, 1.82) is 0 Å². The van der Waals surface area contributed by atoms with Gasteiger partial charge in [0.15, 0.2) is 0 Å². The van der Waals surface area contributed by atoms with Gasteiger partial charge in [-0.15, -0.1) is 0 Å². The van der Waals surface area contributed by atoms with Crippen molar-refractivity contribution in [3.05, 3.63) is 11.6 Å². The summed E-state index contributed by atoms with van der Waals surface area (Å²) in [7, 11) is 0. The largest absolute Gasteiger partial charge is 0.463 e. The fourth-order valence-electron chi connectivity index (χ4n) is 9.59. The first-order chi connectivity index (χ1) is 15.3. The Morgan fingerprint density at radius 3 is 2.75 bits per heavy atom. The molecule has 1 spiro atoms. The fourth-order valence-corrected chi connectivity index (χ4v) is 9.59. The topological polar surface area (TPSA) is 77.7 Å². The summed E-state index contributed by atoms with van der Waals surface area (Å²) in [5.74, 6) is 1.86. The van der Waals surface area contributed by atoms with Crippen molar-refractivity contribution in [3.8, 4) is 0 Å². The minimum atomic E-state index is -0.349. The quantitative estimate of drug-likeness (QED) is 0.477. The molecular formula is C26H34O6. The van der Waals surface area contributed by atoms with E-state index in [-0.39, 0.29) is 41.5 Å². The van der Waals surface area contributed by atoms with Gasteiger partial charge in [-0.2, -0.15) is 0 Å². The normalized spacial score (nSPS) is 57.0. The number of epoxide rings is 2. The lowest BCUT2D eigenvalue weighted by molar-refractivity contribution is -0.164. The fraction of sp³-hybridized carbons (Fsp3) is 0.846. The van der Waals surface area contributed by atoms with Crippen LogP contribution in [-0.2, 0) is 28.5 Å². The molecule has 0 aromatic carbocycles. The third-order valence-corrected chi connectivity index (χ3v) is 11.1. The number of carbonyl (C=O) groups excluding carboxylic acids is 2. The SMILES string of the molecule is CC(=O)O[C@H]1CC[C@]2(C)C3CC[C@]4(C)[C@@H](C5=CC(=O)O[C@H]6O[C@@H]56)C[C@H]5O[C@]54C3CC[C@@H]2C1. The molecule has 0 aromatic heterocycles. The number of esters is 2. The lowest BCUT2D eigenvalue weighted by Gasteiger charge is -2.61. The summed E-state index contributed by atoms with van der Waals surface area (Å²) in [5, 5.41) is 0. The maximum absolute atomic E-state index is 12.1. The second-order valence-corrected chi connectivity index (χ2v) is 12.1. The maximum atomic E-state index is 12.1. The molecule has 7 rings (SSSR count).